The van der Waals surface area contributed by atoms with Crippen molar-refractivity contribution in [2.24, 2.45) is 0 Å². The number of amides is 1. The van der Waals surface area contributed by atoms with Gasteiger partial charge in [0.1, 0.15) is 5.82 Å². The van der Waals surface area contributed by atoms with Crippen molar-refractivity contribution in [1.29, 1.82) is 0 Å². The van der Waals surface area contributed by atoms with Crippen molar-refractivity contribution in [1.82, 2.24) is 0 Å². The predicted octanol–water partition coefficient (Wildman–Crippen LogP) is 5.93. The van der Waals surface area contributed by atoms with Crippen molar-refractivity contribution in [2.75, 3.05) is 4.90 Å². The zero-order valence-corrected chi connectivity index (χ0v) is 16.0. The largest absolute Gasteiger partial charge is 0.303 e. The van der Waals surface area contributed by atoms with Gasteiger partial charge in [0.15, 0.2) is 0 Å². The predicted molar refractivity (Wildman–Crippen MR) is 108 cm³/mol. The van der Waals surface area contributed by atoms with Crippen LogP contribution in [-0.4, -0.2) is 5.91 Å². The molecule has 0 saturated carbocycles. The number of nitrogens with zero attached hydrogens (tertiary/aromatic N) is 1. The number of benzene rings is 3. The number of anilines is 1. The van der Waals surface area contributed by atoms with E-state index in [1.807, 2.05) is 42.5 Å². The fraction of sp³-hybridized carbons (Fsp3) is 0.0500. The summed E-state index contributed by atoms with van der Waals surface area (Å²) in [5.41, 5.74) is 2.20. The van der Waals surface area contributed by atoms with Gasteiger partial charge in [-0.3, -0.25) is 4.79 Å². The van der Waals surface area contributed by atoms with Crippen molar-refractivity contribution in [3.8, 4) is 0 Å². The van der Waals surface area contributed by atoms with E-state index in [0.29, 0.717) is 17.1 Å². The van der Waals surface area contributed by atoms with Crippen LogP contribution in [0.1, 0.15) is 15.9 Å². The summed E-state index contributed by atoms with van der Waals surface area (Å²) >= 11 is 8.21. The van der Waals surface area contributed by atoms with Gasteiger partial charge in [-0.1, -0.05) is 41.9 Å². The van der Waals surface area contributed by atoms with Gasteiger partial charge in [-0.25, -0.2) is 4.39 Å². The Labute approximate surface area is 164 Å². The average Bonchev–Trinajstić information content (AvgIpc) is 2.61. The highest BCUT2D eigenvalue weighted by molar-refractivity contribution is 14.1. The fourth-order valence-electron chi connectivity index (χ4n) is 2.48. The first-order chi connectivity index (χ1) is 12.0. The van der Waals surface area contributed by atoms with Gasteiger partial charge in [0.2, 0.25) is 0 Å². The summed E-state index contributed by atoms with van der Waals surface area (Å²) in [6, 6.07) is 20.7. The summed E-state index contributed by atoms with van der Waals surface area (Å²) in [7, 11) is 0. The van der Waals surface area contributed by atoms with E-state index in [9.17, 15) is 9.18 Å². The van der Waals surface area contributed by atoms with Gasteiger partial charge in [-0.2, -0.15) is 0 Å². The quantitative estimate of drug-likeness (QED) is 0.437. The number of carbonyl (C=O) groups excluding carboxylic acids is 1. The van der Waals surface area contributed by atoms with Gasteiger partial charge in [-0.05, 0) is 70.6 Å². The van der Waals surface area contributed by atoms with Crippen LogP contribution in [0.15, 0.2) is 72.8 Å². The van der Waals surface area contributed by atoms with Crippen molar-refractivity contribution >= 4 is 45.8 Å². The minimum absolute atomic E-state index is 0.191. The van der Waals surface area contributed by atoms with E-state index in [1.54, 1.807) is 11.0 Å². The van der Waals surface area contributed by atoms with Gasteiger partial charge < -0.3 is 4.90 Å². The van der Waals surface area contributed by atoms with Crippen LogP contribution in [-0.2, 0) is 6.54 Å². The van der Waals surface area contributed by atoms with Gasteiger partial charge in [0, 0.05) is 14.2 Å². The Morgan fingerprint density at radius 2 is 1.68 bits per heavy atom. The fourth-order valence-corrected chi connectivity index (χ4v) is 3.64. The van der Waals surface area contributed by atoms with Gasteiger partial charge in [-0.15, -0.1) is 0 Å². The highest BCUT2D eigenvalue weighted by atomic mass is 127. The second kappa shape index (κ2) is 7.97. The molecule has 0 aliphatic carbocycles. The van der Waals surface area contributed by atoms with E-state index in [2.05, 4.69) is 22.6 Å². The molecule has 0 atom stereocenters. The van der Waals surface area contributed by atoms with Gasteiger partial charge in [0.25, 0.3) is 5.91 Å². The van der Waals surface area contributed by atoms with Crippen LogP contribution in [0.5, 0.6) is 0 Å². The third kappa shape index (κ3) is 4.38. The smallest absolute Gasteiger partial charge is 0.258 e. The molecular weight excluding hydrogens is 452 g/mol. The molecule has 0 unspecified atom stereocenters. The molecule has 0 heterocycles. The molecule has 2 nitrogen and oxygen atoms in total. The molecule has 3 rings (SSSR count). The zero-order valence-electron chi connectivity index (χ0n) is 13.1. The highest BCUT2D eigenvalue weighted by Gasteiger charge is 2.20. The van der Waals surface area contributed by atoms with Crippen molar-refractivity contribution in [2.45, 2.75) is 6.54 Å². The lowest BCUT2D eigenvalue weighted by atomic mass is 10.1. The normalized spacial score (nSPS) is 10.5. The van der Waals surface area contributed by atoms with E-state index in [4.69, 9.17) is 11.6 Å². The maximum Gasteiger partial charge on any atom is 0.258 e. The number of halogens is 3. The van der Waals surface area contributed by atoms with Gasteiger partial charge >= 0.3 is 0 Å². The molecule has 0 aliphatic heterocycles. The lowest BCUT2D eigenvalue weighted by Gasteiger charge is -2.24. The molecule has 3 aromatic carbocycles. The van der Waals surface area contributed by atoms with Crippen LogP contribution in [0.2, 0.25) is 5.02 Å². The van der Waals surface area contributed by atoms with Gasteiger partial charge in [0.05, 0.1) is 12.2 Å². The van der Waals surface area contributed by atoms with E-state index >= 15 is 0 Å². The molecule has 0 aromatic heterocycles. The average molecular weight is 466 g/mol. The van der Waals surface area contributed by atoms with E-state index in [-0.39, 0.29) is 11.7 Å². The SMILES string of the molecule is O=C(c1ccc(F)cc1)N(Cc1ccccc1)c1ccc(Cl)cc1I. The van der Waals surface area contributed by atoms with E-state index in [1.165, 1.54) is 24.3 Å². The molecule has 0 bridgehead atoms. The molecule has 25 heavy (non-hydrogen) atoms. The molecule has 126 valence electrons. The zero-order chi connectivity index (χ0) is 17.8. The molecule has 3 aromatic rings. The van der Waals surface area contributed by atoms with E-state index in [0.717, 1.165) is 14.8 Å². The maximum absolute atomic E-state index is 13.2. The van der Waals surface area contributed by atoms with E-state index < -0.39 is 0 Å². The van der Waals surface area contributed by atoms with Crippen molar-refractivity contribution < 1.29 is 9.18 Å². The summed E-state index contributed by atoms with van der Waals surface area (Å²) in [4.78, 5) is 14.7. The lowest BCUT2D eigenvalue weighted by Crippen LogP contribution is -2.31. The van der Waals surface area contributed by atoms with Crippen molar-refractivity contribution in [3.63, 3.8) is 0 Å². The Balaban J connectivity index is 2.01. The maximum atomic E-state index is 13.2. The van der Waals surface area contributed by atoms with Crippen molar-refractivity contribution in [3.05, 3.63) is 98.3 Å². The summed E-state index contributed by atoms with van der Waals surface area (Å²) in [5, 5.41) is 0.613. The number of rotatable bonds is 4. The monoisotopic (exact) mass is 465 g/mol. The molecule has 1 amide bonds. The molecule has 0 aliphatic rings. The highest BCUT2D eigenvalue weighted by Crippen LogP contribution is 2.28. The summed E-state index contributed by atoms with van der Waals surface area (Å²) in [6.07, 6.45) is 0. The minimum atomic E-state index is -0.368. The third-order valence-corrected chi connectivity index (χ3v) is 4.82. The molecule has 0 radical (unpaired) electrons. The van der Waals surface area contributed by atoms with Crippen LogP contribution in [0, 0.1) is 9.39 Å². The molecule has 5 heteroatoms. The number of hydrogen-bond donors (Lipinski definition) is 0. The van der Waals surface area contributed by atoms with Crippen LogP contribution in [0.3, 0.4) is 0 Å². The second-order valence-corrected chi connectivity index (χ2v) is 7.08. The number of hydrogen-bond acceptors (Lipinski definition) is 1. The van der Waals surface area contributed by atoms with Crippen LogP contribution < -0.4 is 4.90 Å². The second-order valence-electron chi connectivity index (χ2n) is 5.48. The first kappa shape index (κ1) is 17.9. The summed E-state index contributed by atoms with van der Waals surface area (Å²) in [5.74, 6) is -0.559. The standard InChI is InChI=1S/C20H14ClFINO/c21-16-8-11-19(18(23)12-16)24(13-14-4-2-1-3-5-14)20(25)15-6-9-17(22)10-7-15/h1-12H,13H2. The molecular formula is C20H14ClFINO. The van der Waals surface area contributed by atoms with Crippen LogP contribution in [0.4, 0.5) is 10.1 Å². The topological polar surface area (TPSA) is 20.3 Å². The summed E-state index contributed by atoms with van der Waals surface area (Å²) < 4.78 is 14.1. The van der Waals surface area contributed by atoms with Crippen LogP contribution >= 0.6 is 34.2 Å². The Morgan fingerprint density at radius 3 is 2.32 bits per heavy atom. The number of carbonyl (C=O) groups is 1. The lowest BCUT2D eigenvalue weighted by molar-refractivity contribution is 0.0985. The minimum Gasteiger partial charge on any atom is -0.303 e. The molecule has 0 N–H and O–H groups in total. The summed E-state index contributed by atoms with van der Waals surface area (Å²) in [6.45, 7) is 0.411. The third-order valence-electron chi connectivity index (χ3n) is 3.72. The molecule has 0 saturated heterocycles. The molecule has 0 fully saturated rings. The Morgan fingerprint density at radius 1 is 1.00 bits per heavy atom. The molecule has 0 spiro atoms. The first-order valence-corrected chi connectivity index (χ1v) is 9.06. The Bertz CT molecular complexity index is 884. The Hall–Kier alpha value is -1.92. The Kier molecular flexibility index (Phi) is 5.71. The van der Waals surface area contributed by atoms with Crippen LogP contribution in [0.25, 0.3) is 0 Å². The first-order valence-electron chi connectivity index (χ1n) is 7.61.